The first kappa shape index (κ1) is 12.7. The molecular weight excluding hydrogens is 246 g/mol. The number of aromatic nitrogens is 2. The SMILES string of the molecule is O=C(O)c1ccccc1C(=O)NCc1cnccn1. The van der Waals surface area contributed by atoms with Gasteiger partial charge in [0.05, 0.1) is 29.6 Å². The van der Waals surface area contributed by atoms with E-state index in [1.807, 2.05) is 0 Å². The normalized spacial score (nSPS) is 9.89. The fourth-order valence-electron chi connectivity index (χ4n) is 1.55. The van der Waals surface area contributed by atoms with Crippen LogP contribution in [-0.2, 0) is 6.54 Å². The van der Waals surface area contributed by atoms with Gasteiger partial charge in [0, 0.05) is 12.4 Å². The highest BCUT2D eigenvalue weighted by Gasteiger charge is 2.15. The largest absolute Gasteiger partial charge is 0.478 e. The van der Waals surface area contributed by atoms with Crippen LogP contribution in [0.1, 0.15) is 26.4 Å². The van der Waals surface area contributed by atoms with Gasteiger partial charge in [0.25, 0.3) is 5.91 Å². The summed E-state index contributed by atoms with van der Waals surface area (Å²) in [6.45, 7) is 0.195. The van der Waals surface area contributed by atoms with Crippen molar-refractivity contribution in [2.75, 3.05) is 0 Å². The molecule has 0 aliphatic rings. The Morgan fingerprint density at radius 3 is 2.53 bits per heavy atom. The molecule has 0 radical (unpaired) electrons. The number of hydrogen-bond acceptors (Lipinski definition) is 4. The topological polar surface area (TPSA) is 92.2 Å². The minimum atomic E-state index is -1.13. The molecule has 6 nitrogen and oxygen atoms in total. The second kappa shape index (κ2) is 5.72. The number of hydrogen-bond donors (Lipinski definition) is 2. The lowest BCUT2D eigenvalue weighted by atomic mass is 10.1. The summed E-state index contributed by atoms with van der Waals surface area (Å²) in [5, 5.41) is 11.6. The number of carboxylic acid groups (broad SMARTS) is 1. The molecule has 1 aromatic heterocycles. The van der Waals surface area contributed by atoms with Gasteiger partial charge in [0.15, 0.2) is 0 Å². The zero-order valence-electron chi connectivity index (χ0n) is 9.91. The van der Waals surface area contributed by atoms with E-state index in [1.165, 1.54) is 30.7 Å². The summed E-state index contributed by atoms with van der Waals surface area (Å²) in [5.41, 5.74) is 0.696. The fourth-order valence-corrected chi connectivity index (χ4v) is 1.55. The Morgan fingerprint density at radius 2 is 1.89 bits per heavy atom. The van der Waals surface area contributed by atoms with Crippen LogP contribution in [0.4, 0.5) is 0 Å². The molecule has 0 spiro atoms. The van der Waals surface area contributed by atoms with Crippen molar-refractivity contribution in [3.8, 4) is 0 Å². The van der Waals surface area contributed by atoms with E-state index in [9.17, 15) is 9.59 Å². The quantitative estimate of drug-likeness (QED) is 0.855. The summed E-state index contributed by atoms with van der Waals surface area (Å²) in [6.07, 6.45) is 4.58. The summed E-state index contributed by atoms with van der Waals surface area (Å²) in [4.78, 5) is 30.8. The van der Waals surface area contributed by atoms with Gasteiger partial charge < -0.3 is 10.4 Å². The van der Waals surface area contributed by atoms with Gasteiger partial charge in [-0.15, -0.1) is 0 Å². The Labute approximate surface area is 109 Å². The molecule has 0 atom stereocenters. The van der Waals surface area contributed by atoms with Crippen LogP contribution < -0.4 is 5.32 Å². The standard InChI is InChI=1S/C13H11N3O3/c17-12(16-8-9-7-14-5-6-15-9)10-3-1-2-4-11(10)13(18)19/h1-7H,8H2,(H,16,17)(H,18,19). The fraction of sp³-hybridized carbons (Fsp3) is 0.0769. The van der Waals surface area contributed by atoms with Gasteiger partial charge in [-0.1, -0.05) is 12.1 Å². The minimum Gasteiger partial charge on any atom is -0.478 e. The van der Waals surface area contributed by atoms with E-state index in [1.54, 1.807) is 12.1 Å². The summed E-state index contributed by atoms with van der Waals surface area (Å²) in [6, 6.07) is 6.04. The molecule has 1 aromatic carbocycles. The number of amides is 1. The number of nitrogens with one attached hydrogen (secondary N) is 1. The van der Waals surface area contributed by atoms with Gasteiger partial charge in [0.1, 0.15) is 0 Å². The molecule has 0 aliphatic heterocycles. The maximum absolute atomic E-state index is 11.9. The second-order valence-electron chi connectivity index (χ2n) is 3.73. The van der Waals surface area contributed by atoms with Crippen LogP contribution in [0, 0.1) is 0 Å². The van der Waals surface area contributed by atoms with Crippen molar-refractivity contribution in [3.63, 3.8) is 0 Å². The van der Waals surface area contributed by atoms with E-state index >= 15 is 0 Å². The first-order chi connectivity index (χ1) is 9.18. The van der Waals surface area contributed by atoms with Crippen LogP contribution in [0.3, 0.4) is 0 Å². The van der Waals surface area contributed by atoms with Gasteiger partial charge in [-0.25, -0.2) is 4.79 Å². The van der Waals surface area contributed by atoms with E-state index in [2.05, 4.69) is 15.3 Å². The van der Waals surface area contributed by atoms with Gasteiger partial charge in [-0.05, 0) is 12.1 Å². The lowest BCUT2D eigenvalue weighted by Crippen LogP contribution is -2.25. The third-order valence-corrected chi connectivity index (χ3v) is 2.45. The Balaban J connectivity index is 2.10. The molecule has 2 aromatic rings. The van der Waals surface area contributed by atoms with Gasteiger partial charge >= 0.3 is 5.97 Å². The third-order valence-electron chi connectivity index (χ3n) is 2.45. The maximum Gasteiger partial charge on any atom is 0.336 e. The van der Waals surface area contributed by atoms with Crippen LogP contribution in [0.2, 0.25) is 0 Å². The second-order valence-corrected chi connectivity index (χ2v) is 3.73. The highest BCUT2D eigenvalue weighted by Crippen LogP contribution is 2.08. The number of rotatable bonds is 4. The molecule has 6 heteroatoms. The van der Waals surface area contributed by atoms with Crippen molar-refractivity contribution in [2.24, 2.45) is 0 Å². The lowest BCUT2D eigenvalue weighted by molar-refractivity contribution is 0.0691. The van der Waals surface area contributed by atoms with E-state index in [0.29, 0.717) is 5.69 Å². The predicted octanol–water partition coefficient (Wildman–Crippen LogP) is 1.10. The van der Waals surface area contributed by atoms with E-state index in [-0.39, 0.29) is 17.7 Å². The Morgan fingerprint density at radius 1 is 1.16 bits per heavy atom. The number of benzene rings is 1. The summed E-state index contributed by atoms with van der Waals surface area (Å²) >= 11 is 0. The van der Waals surface area contributed by atoms with Gasteiger partial charge in [-0.3, -0.25) is 14.8 Å². The Bertz CT molecular complexity index is 599. The molecule has 2 N–H and O–H groups in total. The molecule has 0 bridgehead atoms. The molecule has 0 aliphatic carbocycles. The summed E-state index contributed by atoms with van der Waals surface area (Å²) in [5.74, 6) is -1.59. The average Bonchev–Trinajstić information content (AvgIpc) is 2.46. The maximum atomic E-state index is 11.9. The first-order valence-corrected chi connectivity index (χ1v) is 5.54. The molecule has 0 unspecified atom stereocenters. The van der Waals surface area contributed by atoms with Crippen LogP contribution in [-0.4, -0.2) is 27.0 Å². The van der Waals surface area contributed by atoms with Crippen LogP contribution in [0.25, 0.3) is 0 Å². The molecule has 0 fully saturated rings. The molecule has 19 heavy (non-hydrogen) atoms. The highest BCUT2D eigenvalue weighted by molar-refractivity contribution is 6.04. The Hall–Kier alpha value is -2.76. The zero-order chi connectivity index (χ0) is 13.7. The summed E-state index contributed by atoms with van der Waals surface area (Å²) in [7, 11) is 0. The molecular formula is C13H11N3O3. The summed E-state index contributed by atoms with van der Waals surface area (Å²) < 4.78 is 0. The molecule has 0 saturated heterocycles. The minimum absolute atomic E-state index is 0.0286. The molecule has 96 valence electrons. The number of carbonyl (C=O) groups excluding carboxylic acids is 1. The molecule has 0 saturated carbocycles. The Kier molecular flexibility index (Phi) is 3.82. The van der Waals surface area contributed by atoms with Crippen molar-refractivity contribution in [1.82, 2.24) is 15.3 Å². The van der Waals surface area contributed by atoms with Crippen molar-refractivity contribution >= 4 is 11.9 Å². The molecule has 1 heterocycles. The average molecular weight is 257 g/mol. The lowest BCUT2D eigenvalue weighted by Gasteiger charge is -2.06. The van der Waals surface area contributed by atoms with Crippen molar-refractivity contribution < 1.29 is 14.7 Å². The van der Waals surface area contributed by atoms with Crippen LogP contribution in [0.5, 0.6) is 0 Å². The smallest absolute Gasteiger partial charge is 0.336 e. The van der Waals surface area contributed by atoms with Crippen molar-refractivity contribution in [2.45, 2.75) is 6.54 Å². The van der Waals surface area contributed by atoms with Crippen molar-refractivity contribution in [3.05, 3.63) is 59.7 Å². The van der Waals surface area contributed by atoms with E-state index in [4.69, 9.17) is 5.11 Å². The van der Waals surface area contributed by atoms with E-state index < -0.39 is 11.9 Å². The van der Waals surface area contributed by atoms with E-state index in [0.717, 1.165) is 0 Å². The number of nitrogens with zero attached hydrogens (tertiary/aromatic N) is 2. The number of carboxylic acids is 1. The first-order valence-electron chi connectivity index (χ1n) is 5.54. The third kappa shape index (κ3) is 3.12. The monoisotopic (exact) mass is 257 g/mol. The van der Waals surface area contributed by atoms with Crippen LogP contribution in [0.15, 0.2) is 42.9 Å². The zero-order valence-corrected chi connectivity index (χ0v) is 9.91. The van der Waals surface area contributed by atoms with Crippen LogP contribution >= 0.6 is 0 Å². The van der Waals surface area contributed by atoms with Gasteiger partial charge in [-0.2, -0.15) is 0 Å². The van der Waals surface area contributed by atoms with Crippen molar-refractivity contribution in [1.29, 1.82) is 0 Å². The highest BCUT2D eigenvalue weighted by atomic mass is 16.4. The molecule has 1 amide bonds. The molecule has 2 rings (SSSR count). The van der Waals surface area contributed by atoms with Gasteiger partial charge in [0.2, 0.25) is 0 Å². The number of aromatic carboxylic acids is 1. The number of carbonyl (C=O) groups is 2. The predicted molar refractivity (Wildman–Crippen MR) is 66.6 cm³/mol.